The maximum atomic E-state index is 12.9. The first-order chi connectivity index (χ1) is 22.3. The number of aliphatic hydroxyl groups excluding tert-OH is 1. The average Bonchev–Trinajstić information content (AvgIpc) is 3.52. The first-order valence-corrected chi connectivity index (χ1v) is 17.5. The van der Waals surface area contributed by atoms with Crippen LogP contribution in [0.4, 0.5) is 0 Å². The Bertz CT molecular complexity index is 1850. The number of hydrogen-bond acceptors (Lipinski definition) is 8. The van der Waals surface area contributed by atoms with Crippen LogP contribution in [0, 0.1) is 5.92 Å². The molecule has 1 fully saturated rings. The lowest BCUT2D eigenvalue weighted by atomic mass is 9.91. The molecule has 0 radical (unpaired) electrons. The Morgan fingerprint density at radius 2 is 1.59 bits per heavy atom. The van der Waals surface area contributed by atoms with Gasteiger partial charge in [-0.05, 0) is 39.9 Å². The van der Waals surface area contributed by atoms with Crippen LogP contribution in [0.1, 0.15) is 41.6 Å². The van der Waals surface area contributed by atoms with E-state index in [0.29, 0.717) is 5.75 Å². The monoisotopic (exact) mass is 656 g/mol. The summed E-state index contributed by atoms with van der Waals surface area (Å²) in [4.78, 5) is 0.231. The predicted molar refractivity (Wildman–Crippen MR) is 177 cm³/mol. The highest BCUT2D eigenvalue weighted by Crippen LogP contribution is 2.43. The van der Waals surface area contributed by atoms with Gasteiger partial charge in [0.25, 0.3) is 0 Å². The van der Waals surface area contributed by atoms with E-state index >= 15 is 0 Å². The van der Waals surface area contributed by atoms with Crippen molar-refractivity contribution in [1.82, 2.24) is 19.5 Å². The van der Waals surface area contributed by atoms with Gasteiger partial charge < -0.3 is 19.1 Å². The van der Waals surface area contributed by atoms with Gasteiger partial charge in [0, 0.05) is 30.8 Å². The van der Waals surface area contributed by atoms with Crippen LogP contribution in [-0.4, -0.2) is 40.1 Å². The summed E-state index contributed by atoms with van der Waals surface area (Å²) >= 11 is 1.60. The normalized spacial score (nSPS) is 20.1. The van der Waals surface area contributed by atoms with E-state index in [-0.39, 0.29) is 36.2 Å². The van der Waals surface area contributed by atoms with Gasteiger partial charge in [0.05, 0.1) is 23.7 Å². The first kappa shape index (κ1) is 32.1. The average molecular weight is 657 g/mol. The van der Waals surface area contributed by atoms with Gasteiger partial charge in [-0.3, -0.25) is 0 Å². The van der Waals surface area contributed by atoms with Crippen LogP contribution >= 0.6 is 11.8 Å². The second-order valence-corrected chi connectivity index (χ2v) is 14.0. The third-order valence-corrected chi connectivity index (χ3v) is 10.7. The van der Waals surface area contributed by atoms with Crippen molar-refractivity contribution in [1.29, 1.82) is 0 Å². The Labute approximate surface area is 273 Å². The van der Waals surface area contributed by atoms with Crippen LogP contribution in [0.15, 0.2) is 120 Å². The van der Waals surface area contributed by atoms with Crippen molar-refractivity contribution in [3.63, 3.8) is 0 Å². The molecule has 1 saturated heterocycles. The number of nitrogens with one attached hydrogen (secondary N) is 1. The number of aryl methyl sites for hydroxylation is 1. The Morgan fingerprint density at radius 3 is 2.28 bits per heavy atom. The summed E-state index contributed by atoms with van der Waals surface area (Å²) in [5, 5.41) is 18.6. The molecule has 1 aliphatic rings. The number of aromatic nitrogens is 3. The number of aliphatic hydroxyl groups is 1. The molecular formula is C35H36N4O5S2. The maximum absolute atomic E-state index is 12.9. The molecule has 2 N–H and O–H groups in total. The van der Waals surface area contributed by atoms with E-state index in [2.05, 4.69) is 21.8 Å². The van der Waals surface area contributed by atoms with E-state index in [9.17, 15) is 13.5 Å². The molecule has 6 rings (SSSR count). The minimum Gasteiger partial charge on any atom is -0.392 e. The number of nitrogens with zero attached hydrogens (tertiary/aromatic N) is 3. The predicted octanol–water partition coefficient (Wildman–Crippen LogP) is 6.04. The lowest BCUT2D eigenvalue weighted by Gasteiger charge is -2.41. The highest BCUT2D eigenvalue weighted by molar-refractivity contribution is 7.99. The van der Waals surface area contributed by atoms with Crippen LogP contribution in [0.3, 0.4) is 0 Å². The Kier molecular flexibility index (Phi) is 9.98. The Hall–Kier alpha value is -3.84. The number of thioether (sulfide) groups is 1. The summed E-state index contributed by atoms with van der Waals surface area (Å²) in [6.45, 7) is 2.27. The van der Waals surface area contributed by atoms with Gasteiger partial charge in [0.15, 0.2) is 11.4 Å². The van der Waals surface area contributed by atoms with Crippen LogP contribution < -0.4 is 4.72 Å². The van der Waals surface area contributed by atoms with Crippen molar-refractivity contribution >= 4 is 21.8 Å². The van der Waals surface area contributed by atoms with E-state index in [0.717, 1.165) is 38.5 Å². The minimum atomic E-state index is -3.65. The molecule has 0 bridgehead atoms. The van der Waals surface area contributed by atoms with Crippen LogP contribution in [0.25, 0.3) is 11.1 Å². The molecular weight excluding hydrogens is 621 g/mol. The van der Waals surface area contributed by atoms with Crippen molar-refractivity contribution in [2.75, 3.05) is 5.75 Å². The third kappa shape index (κ3) is 7.25. The van der Waals surface area contributed by atoms with Crippen molar-refractivity contribution in [2.45, 2.75) is 48.6 Å². The van der Waals surface area contributed by atoms with Gasteiger partial charge in [0.2, 0.25) is 10.0 Å². The van der Waals surface area contributed by atoms with Gasteiger partial charge in [0.1, 0.15) is 6.33 Å². The van der Waals surface area contributed by atoms with Gasteiger partial charge in [-0.2, -0.15) is 0 Å². The summed E-state index contributed by atoms with van der Waals surface area (Å²) < 4.78 is 43.5. The molecule has 0 unspecified atom stereocenters. The summed E-state index contributed by atoms with van der Waals surface area (Å²) in [6.07, 6.45) is 0.713. The molecule has 5 aromatic rings. The summed E-state index contributed by atoms with van der Waals surface area (Å²) in [5.41, 5.74) is 5.49. The number of sulfonamides is 1. The van der Waals surface area contributed by atoms with Gasteiger partial charge in [-0.25, -0.2) is 13.1 Å². The topological polar surface area (TPSA) is 116 Å². The van der Waals surface area contributed by atoms with Crippen molar-refractivity contribution in [3.05, 3.63) is 132 Å². The number of ether oxygens (including phenoxy) is 2. The van der Waals surface area contributed by atoms with Crippen LogP contribution in [0.5, 0.6) is 0 Å². The molecule has 1 aromatic heterocycles. The quantitative estimate of drug-likeness (QED) is 0.166. The molecule has 1 aliphatic heterocycles. The number of rotatable bonds is 11. The molecule has 238 valence electrons. The zero-order chi connectivity index (χ0) is 32.1. The van der Waals surface area contributed by atoms with Crippen molar-refractivity contribution in [2.24, 2.45) is 13.0 Å². The molecule has 9 nitrogen and oxygen atoms in total. The minimum absolute atomic E-state index is 0.0154. The molecule has 0 saturated carbocycles. The highest BCUT2D eigenvalue weighted by Gasteiger charge is 2.38. The SMILES string of the molecule is C[C@@H]1[C@H](CSc2nncn2C)O[C@H](c2ccc(-c3ccccc3CNS(=O)(=O)c3ccccc3)cc2)O[C@@H]1c1ccc(CO)cc1. The Balaban J connectivity index is 1.22. The number of benzene rings is 4. The van der Waals surface area contributed by atoms with Crippen LogP contribution in [-0.2, 0) is 39.7 Å². The maximum Gasteiger partial charge on any atom is 0.240 e. The summed E-state index contributed by atoms with van der Waals surface area (Å²) in [7, 11) is -1.73. The van der Waals surface area contributed by atoms with Gasteiger partial charge >= 0.3 is 0 Å². The molecule has 0 aliphatic carbocycles. The summed E-state index contributed by atoms with van der Waals surface area (Å²) in [5.74, 6) is 0.714. The zero-order valence-corrected chi connectivity index (χ0v) is 27.2. The van der Waals surface area contributed by atoms with Crippen molar-refractivity contribution in [3.8, 4) is 11.1 Å². The Morgan fingerprint density at radius 1 is 0.891 bits per heavy atom. The number of hydrogen-bond donors (Lipinski definition) is 2. The second-order valence-electron chi connectivity index (χ2n) is 11.3. The molecule has 0 amide bonds. The third-order valence-electron chi connectivity index (χ3n) is 8.19. The molecule has 2 heterocycles. The molecule has 4 atom stereocenters. The van der Waals surface area contributed by atoms with E-state index in [1.165, 1.54) is 0 Å². The lowest BCUT2D eigenvalue weighted by molar-refractivity contribution is -0.268. The first-order valence-electron chi connectivity index (χ1n) is 15.0. The van der Waals surface area contributed by atoms with E-state index in [1.54, 1.807) is 48.4 Å². The second kappa shape index (κ2) is 14.3. The van der Waals surface area contributed by atoms with Crippen molar-refractivity contribution < 1.29 is 23.0 Å². The van der Waals surface area contributed by atoms with Gasteiger partial charge in [-0.15, -0.1) is 10.2 Å². The molecule has 4 aromatic carbocycles. The smallest absolute Gasteiger partial charge is 0.240 e. The van der Waals surface area contributed by atoms with E-state index in [1.807, 2.05) is 84.4 Å². The fourth-order valence-corrected chi connectivity index (χ4v) is 7.58. The standard InChI is InChI=1S/C35H36N4O5S2/c1-24-32(22-45-35-38-36-23-39(35)2)43-34(44-33(24)27-14-12-25(21-40)13-15-27)28-18-16-26(17-19-28)31-11-7-6-8-29(31)20-37-46(41,42)30-9-4-3-5-10-30/h3-19,23-24,32-34,37,40H,20-22H2,1-2H3/t24-,32+,33+,34+/m1/s1. The summed E-state index contributed by atoms with van der Waals surface area (Å²) in [6, 6.07) is 32.0. The fraction of sp³-hybridized carbons (Fsp3) is 0.257. The highest BCUT2D eigenvalue weighted by atomic mass is 32.2. The molecule has 11 heteroatoms. The lowest BCUT2D eigenvalue weighted by Crippen LogP contribution is -2.38. The van der Waals surface area contributed by atoms with E-state index < -0.39 is 16.3 Å². The fourth-order valence-electron chi connectivity index (χ4n) is 5.50. The molecule has 46 heavy (non-hydrogen) atoms. The molecule has 0 spiro atoms. The zero-order valence-electron chi connectivity index (χ0n) is 25.6. The van der Waals surface area contributed by atoms with E-state index in [4.69, 9.17) is 9.47 Å². The van der Waals surface area contributed by atoms with Crippen LogP contribution in [0.2, 0.25) is 0 Å². The van der Waals surface area contributed by atoms with Gasteiger partial charge in [-0.1, -0.05) is 110 Å². The largest absolute Gasteiger partial charge is 0.392 e.